The number of carboxylic acid groups (broad SMARTS) is 1. The van der Waals surface area contributed by atoms with Crippen molar-refractivity contribution in [3.8, 4) is 17.2 Å². The first-order chi connectivity index (χ1) is 17.3. The molecule has 0 aromatic heterocycles. The first kappa shape index (κ1) is 25.8. The Morgan fingerprint density at radius 2 is 1.86 bits per heavy atom. The molecule has 2 atom stereocenters. The second-order valence-corrected chi connectivity index (χ2v) is 9.95. The molecule has 0 bridgehead atoms. The quantitative estimate of drug-likeness (QED) is 0.450. The molecule has 2 aromatic carbocycles. The summed E-state index contributed by atoms with van der Waals surface area (Å²) in [5.74, 6) is -0.126. The van der Waals surface area contributed by atoms with Crippen molar-refractivity contribution in [2.24, 2.45) is 0 Å². The van der Waals surface area contributed by atoms with Crippen molar-refractivity contribution in [2.45, 2.75) is 23.5 Å². The average molecular weight is 522 g/mol. The minimum Gasteiger partial charge on any atom is -0.497 e. The Morgan fingerprint density at radius 3 is 2.56 bits per heavy atom. The molecular formula is C24H27NO10S. The molecule has 2 heterocycles. The maximum Gasteiger partial charge on any atom is 0.370 e. The number of nitrogens with zero attached hydrogens (tertiary/aromatic N) is 1. The number of carboxylic acids is 1. The van der Waals surface area contributed by atoms with Gasteiger partial charge in [-0.05, 0) is 48.0 Å². The highest BCUT2D eigenvalue weighted by Crippen LogP contribution is 2.38. The van der Waals surface area contributed by atoms with Gasteiger partial charge < -0.3 is 33.9 Å². The molecule has 0 spiro atoms. The van der Waals surface area contributed by atoms with Crippen molar-refractivity contribution in [2.75, 3.05) is 40.2 Å². The summed E-state index contributed by atoms with van der Waals surface area (Å²) in [7, 11) is -2.43. The van der Waals surface area contributed by atoms with E-state index in [1.807, 2.05) is 6.07 Å². The zero-order valence-corrected chi connectivity index (χ0v) is 20.3. The van der Waals surface area contributed by atoms with E-state index in [4.69, 9.17) is 23.7 Å². The number of carbonyl (C=O) groups is 1. The van der Waals surface area contributed by atoms with E-state index in [1.54, 1.807) is 12.1 Å². The summed E-state index contributed by atoms with van der Waals surface area (Å²) in [5, 5.41) is 18.9. The van der Waals surface area contributed by atoms with Crippen molar-refractivity contribution < 1.29 is 47.1 Å². The molecule has 4 rings (SSSR count). The van der Waals surface area contributed by atoms with Gasteiger partial charge in [-0.25, -0.2) is 13.2 Å². The van der Waals surface area contributed by atoms with Crippen LogP contribution in [0.2, 0.25) is 0 Å². The maximum atomic E-state index is 13.1. The highest BCUT2D eigenvalue weighted by atomic mass is 32.2. The number of aliphatic hydroxyl groups is 1. The minimum absolute atomic E-state index is 0.0460. The van der Waals surface area contributed by atoms with Crippen LogP contribution in [-0.2, 0) is 24.3 Å². The van der Waals surface area contributed by atoms with Crippen molar-refractivity contribution in [3.05, 3.63) is 59.9 Å². The SMILES string of the molecule is COc1ccc(S(=O)(=O)N(CCO)CCO[C@H]2C[C@@H](c3ccc4c(c3)OCO4)C=C(C(=O)O)O2)cc1. The molecule has 0 amide bonds. The lowest BCUT2D eigenvalue weighted by Crippen LogP contribution is -2.37. The number of hydrogen-bond donors (Lipinski definition) is 2. The molecule has 12 heteroatoms. The van der Waals surface area contributed by atoms with E-state index in [-0.39, 0.29) is 49.7 Å². The number of fused-ring (bicyclic) bond motifs is 1. The van der Waals surface area contributed by atoms with E-state index >= 15 is 0 Å². The fraction of sp³-hybridized carbons (Fsp3) is 0.375. The van der Waals surface area contributed by atoms with Crippen LogP contribution < -0.4 is 14.2 Å². The van der Waals surface area contributed by atoms with Crippen molar-refractivity contribution in [3.63, 3.8) is 0 Å². The van der Waals surface area contributed by atoms with Crippen LogP contribution in [0.3, 0.4) is 0 Å². The summed E-state index contributed by atoms with van der Waals surface area (Å²) < 4.78 is 54.3. The Balaban J connectivity index is 1.43. The summed E-state index contributed by atoms with van der Waals surface area (Å²) in [6, 6.07) is 11.3. The first-order valence-corrected chi connectivity index (χ1v) is 12.6. The Morgan fingerprint density at radius 1 is 1.11 bits per heavy atom. The van der Waals surface area contributed by atoms with E-state index in [9.17, 15) is 23.4 Å². The maximum absolute atomic E-state index is 13.1. The summed E-state index contributed by atoms with van der Waals surface area (Å²) in [4.78, 5) is 11.7. The number of aliphatic hydroxyl groups excluding tert-OH is 1. The highest BCUT2D eigenvalue weighted by Gasteiger charge is 2.30. The van der Waals surface area contributed by atoms with Crippen LogP contribution in [-0.4, -0.2) is 75.4 Å². The lowest BCUT2D eigenvalue weighted by molar-refractivity contribution is -0.157. The van der Waals surface area contributed by atoms with Gasteiger partial charge in [-0.1, -0.05) is 6.07 Å². The molecule has 2 N–H and O–H groups in total. The first-order valence-electron chi connectivity index (χ1n) is 11.2. The van der Waals surface area contributed by atoms with Crippen LogP contribution in [0.15, 0.2) is 59.2 Å². The van der Waals surface area contributed by atoms with Gasteiger partial charge in [0.2, 0.25) is 28.9 Å². The molecule has 2 aliphatic heterocycles. The predicted octanol–water partition coefficient (Wildman–Crippen LogP) is 1.92. The third kappa shape index (κ3) is 5.73. The fourth-order valence-electron chi connectivity index (χ4n) is 3.93. The van der Waals surface area contributed by atoms with Crippen molar-refractivity contribution in [1.82, 2.24) is 4.31 Å². The van der Waals surface area contributed by atoms with E-state index in [0.717, 1.165) is 9.87 Å². The summed E-state index contributed by atoms with van der Waals surface area (Å²) in [6.45, 7) is -0.550. The number of hydrogen-bond acceptors (Lipinski definition) is 9. The second kappa shape index (κ2) is 11.2. The summed E-state index contributed by atoms with van der Waals surface area (Å²) in [6.07, 6.45) is 0.893. The van der Waals surface area contributed by atoms with E-state index < -0.39 is 22.3 Å². The smallest absolute Gasteiger partial charge is 0.370 e. The number of aliphatic carboxylic acids is 1. The number of rotatable bonds is 11. The van der Waals surface area contributed by atoms with Gasteiger partial charge in [-0.2, -0.15) is 4.31 Å². The molecule has 0 saturated carbocycles. The Kier molecular flexibility index (Phi) is 7.99. The molecule has 2 aliphatic rings. The van der Waals surface area contributed by atoms with Gasteiger partial charge in [0.1, 0.15) is 5.75 Å². The molecule has 194 valence electrons. The van der Waals surface area contributed by atoms with E-state index in [1.165, 1.54) is 37.5 Å². The number of methoxy groups -OCH3 is 1. The molecule has 0 fully saturated rings. The zero-order chi connectivity index (χ0) is 25.7. The summed E-state index contributed by atoms with van der Waals surface area (Å²) in [5.41, 5.74) is 0.805. The Bertz CT molecular complexity index is 1210. The van der Waals surface area contributed by atoms with Gasteiger partial charge in [-0.15, -0.1) is 0 Å². The standard InChI is InChI=1S/C24H27NO10S/c1-31-18-3-5-19(6-4-18)36(29,30)25(8-10-26)9-11-32-23-14-17(13-22(35-23)24(27)28)16-2-7-20-21(12-16)34-15-33-20/h2-7,12-13,17,23,26H,8-11,14-15H2,1H3,(H,27,28)/t17-,23+/m0/s1. The van der Waals surface area contributed by atoms with Gasteiger partial charge in [0.25, 0.3) is 0 Å². The van der Waals surface area contributed by atoms with Crippen LogP contribution in [0.1, 0.15) is 17.9 Å². The third-order valence-electron chi connectivity index (χ3n) is 5.78. The number of ether oxygens (including phenoxy) is 5. The van der Waals surface area contributed by atoms with Gasteiger partial charge in [0.15, 0.2) is 11.5 Å². The van der Waals surface area contributed by atoms with Crippen molar-refractivity contribution in [1.29, 1.82) is 0 Å². The third-order valence-corrected chi connectivity index (χ3v) is 7.70. The molecule has 0 unspecified atom stereocenters. The zero-order valence-electron chi connectivity index (χ0n) is 19.5. The second-order valence-electron chi connectivity index (χ2n) is 8.01. The lowest BCUT2D eigenvalue weighted by Gasteiger charge is -2.29. The van der Waals surface area contributed by atoms with Gasteiger partial charge in [0, 0.05) is 25.4 Å². The number of benzene rings is 2. The van der Waals surface area contributed by atoms with Crippen LogP contribution >= 0.6 is 0 Å². The van der Waals surface area contributed by atoms with Crippen LogP contribution in [0, 0.1) is 0 Å². The van der Waals surface area contributed by atoms with Crippen molar-refractivity contribution >= 4 is 16.0 Å². The summed E-state index contributed by atoms with van der Waals surface area (Å²) >= 11 is 0. The van der Waals surface area contributed by atoms with Gasteiger partial charge in [0.05, 0.1) is 25.2 Å². The topological polar surface area (TPSA) is 141 Å². The fourth-order valence-corrected chi connectivity index (χ4v) is 5.35. The van der Waals surface area contributed by atoms with Crippen LogP contribution in [0.5, 0.6) is 17.2 Å². The van der Waals surface area contributed by atoms with Crippen LogP contribution in [0.4, 0.5) is 0 Å². The molecule has 0 saturated heterocycles. The highest BCUT2D eigenvalue weighted by molar-refractivity contribution is 7.89. The van der Waals surface area contributed by atoms with Gasteiger partial charge >= 0.3 is 5.97 Å². The van der Waals surface area contributed by atoms with E-state index in [0.29, 0.717) is 23.7 Å². The predicted molar refractivity (Wildman–Crippen MR) is 125 cm³/mol. The molecule has 0 radical (unpaired) electrons. The lowest BCUT2D eigenvalue weighted by atomic mass is 9.92. The number of allylic oxidation sites excluding steroid dienone is 1. The molecule has 11 nitrogen and oxygen atoms in total. The largest absolute Gasteiger partial charge is 0.497 e. The number of sulfonamides is 1. The Labute approximate surface area is 208 Å². The monoisotopic (exact) mass is 521 g/mol. The molecule has 0 aliphatic carbocycles. The van der Waals surface area contributed by atoms with Crippen LogP contribution in [0.25, 0.3) is 0 Å². The molecular weight excluding hydrogens is 494 g/mol. The normalized spacial score (nSPS) is 19.0. The van der Waals surface area contributed by atoms with Gasteiger partial charge in [-0.3, -0.25) is 0 Å². The van der Waals surface area contributed by atoms with E-state index in [2.05, 4.69) is 0 Å². The Hall–Kier alpha value is -3.32. The molecule has 2 aromatic rings. The molecule has 36 heavy (non-hydrogen) atoms. The average Bonchev–Trinajstić information content (AvgIpc) is 3.36. The minimum atomic E-state index is -3.91.